The number of aliphatic hydroxyl groups excluding tert-OH is 1. The Labute approximate surface area is 136 Å². The van der Waals surface area contributed by atoms with E-state index >= 15 is 0 Å². The van der Waals surface area contributed by atoms with Gasteiger partial charge in [0.25, 0.3) is 0 Å². The Balaban J connectivity index is 1.86. The van der Waals surface area contributed by atoms with Crippen LogP contribution >= 0.6 is 0 Å². The second kappa shape index (κ2) is 7.28. The number of hydrogen-bond donors (Lipinski definition) is 3. The van der Waals surface area contributed by atoms with E-state index in [1.165, 1.54) is 0 Å². The maximum absolute atomic E-state index is 12.0. The normalized spacial score (nSPS) is 12.7. The number of aromatic nitrogens is 2. The van der Waals surface area contributed by atoms with E-state index in [4.69, 9.17) is 0 Å². The summed E-state index contributed by atoms with van der Waals surface area (Å²) < 4.78 is 1.75. The van der Waals surface area contributed by atoms with Crippen molar-refractivity contribution in [3.8, 4) is 5.69 Å². The average molecular weight is 316 g/mol. The Morgan fingerprint density at radius 2 is 2.04 bits per heavy atom. The molecule has 0 fully saturated rings. The molecule has 0 bridgehead atoms. The van der Waals surface area contributed by atoms with Crippen LogP contribution in [-0.2, 0) is 0 Å². The van der Waals surface area contributed by atoms with Gasteiger partial charge in [-0.15, -0.1) is 0 Å². The second-order valence-corrected chi connectivity index (χ2v) is 6.52. The van der Waals surface area contributed by atoms with Crippen LogP contribution in [0.1, 0.15) is 27.2 Å². The fraction of sp³-hybridized carbons (Fsp3) is 0.412. The molecule has 1 unspecified atom stereocenters. The third kappa shape index (κ3) is 5.41. The fourth-order valence-electron chi connectivity index (χ4n) is 2.49. The first-order valence-electron chi connectivity index (χ1n) is 7.69. The highest BCUT2D eigenvalue weighted by atomic mass is 16.3. The Kier molecular flexibility index (Phi) is 5.39. The largest absolute Gasteiger partial charge is 0.393 e. The zero-order valence-corrected chi connectivity index (χ0v) is 13.8. The molecule has 6 heteroatoms. The lowest BCUT2D eigenvalue weighted by Gasteiger charge is -2.26. The zero-order valence-electron chi connectivity index (χ0n) is 13.8. The van der Waals surface area contributed by atoms with Crippen LogP contribution in [0.5, 0.6) is 0 Å². The number of hydrogen-bond acceptors (Lipinski definition) is 3. The summed E-state index contributed by atoms with van der Waals surface area (Å²) in [5.41, 5.74) is 1.49. The van der Waals surface area contributed by atoms with Crippen molar-refractivity contribution in [1.29, 1.82) is 0 Å². The Morgan fingerprint density at radius 3 is 2.61 bits per heavy atom. The van der Waals surface area contributed by atoms with Gasteiger partial charge in [0.05, 0.1) is 11.8 Å². The van der Waals surface area contributed by atoms with Crippen LogP contribution < -0.4 is 10.6 Å². The molecule has 0 saturated heterocycles. The van der Waals surface area contributed by atoms with Crippen LogP contribution in [0.3, 0.4) is 0 Å². The third-order valence-electron chi connectivity index (χ3n) is 3.47. The van der Waals surface area contributed by atoms with Gasteiger partial charge in [0, 0.05) is 24.6 Å². The molecule has 1 aromatic carbocycles. The molecule has 6 nitrogen and oxygen atoms in total. The summed E-state index contributed by atoms with van der Waals surface area (Å²) in [4.78, 5) is 12.0. The van der Waals surface area contributed by atoms with Crippen molar-refractivity contribution in [3.05, 3.63) is 42.7 Å². The van der Waals surface area contributed by atoms with Crippen molar-refractivity contribution in [3.63, 3.8) is 0 Å². The van der Waals surface area contributed by atoms with Gasteiger partial charge in [-0.2, -0.15) is 5.10 Å². The zero-order chi connectivity index (χ0) is 16.9. The lowest BCUT2D eigenvalue weighted by atomic mass is 9.87. The molecular weight excluding hydrogens is 292 g/mol. The van der Waals surface area contributed by atoms with Gasteiger partial charge in [-0.05, 0) is 49.1 Å². The Hall–Kier alpha value is -2.34. The molecule has 1 atom stereocenters. The molecule has 0 aliphatic heterocycles. The topological polar surface area (TPSA) is 79.2 Å². The fourth-order valence-corrected chi connectivity index (χ4v) is 2.49. The van der Waals surface area contributed by atoms with Crippen LogP contribution in [0, 0.1) is 5.41 Å². The van der Waals surface area contributed by atoms with E-state index < -0.39 is 0 Å². The van der Waals surface area contributed by atoms with Gasteiger partial charge in [-0.1, -0.05) is 13.8 Å². The maximum Gasteiger partial charge on any atom is 0.319 e. The summed E-state index contributed by atoms with van der Waals surface area (Å²) in [6, 6.07) is 9.04. The number of nitrogens with one attached hydrogen (secondary N) is 2. The number of nitrogens with zero attached hydrogens (tertiary/aromatic N) is 2. The average Bonchev–Trinajstić information content (AvgIpc) is 2.99. The number of aliphatic hydroxyl groups is 1. The summed E-state index contributed by atoms with van der Waals surface area (Å²) in [6.07, 6.45) is 3.82. The number of anilines is 1. The summed E-state index contributed by atoms with van der Waals surface area (Å²) >= 11 is 0. The smallest absolute Gasteiger partial charge is 0.319 e. The number of urea groups is 1. The molecule has 3 N–H and O–H groups in total. The minimum absolute atomic E-state index is 0.157. The van der Waals surface area contributed by atoms with E-state index in [0.717, 1.165) is 5.69 Å². The van der Waals surface area contributed by atoms with Gasteiger partial charge >= 0.3 is 6.03 Å². The maximum atomic E-state index is 12.0. The molecule has 23 heavy (non-hydrogen) atoms. The summed E-state index contributed by atoms with van der Waals surface area (Å²) in [5, 5.41) is 19.2. The van der Waals surface area contributed by atoms with Crippen molar-refractivity contribution in [2.24, 2.45) is 5.41 Å². The predicted molar refractivity (Wildman–Crippen MR) is 90.7 cm³/mol. The van der Waals surface area contributed by atoms with E-state index in [-0.39, 0.29) is 17.6 Å². The number of rotatable bonds is 6. The molecule has 2 amide bonds. The quantitative estimate of drug-likeness (QED) is 0.766. The molecule has 0 spiro atoms. The molecule has 0 aliphatic carbocycles. The lowest BCUT2D eigenvalue weighted by Crippen LogP contribution is -2.38. The van der Waals surface area contributed by atoms with E-state index in [1.807, 2.05) is 50.4 Å². The van der Waals surface area contributed by atoms with Crippen molar-refractivity contribution in [1.82, 2.24) is 15.1 Å². The number of benzene rings is 1. The standard InChI is InChI=1S/C17H24N4O2/c1-13(22)11-17(2,3)12-18-16(23)20-14-5-7-15(8-6-14)21-10-4-9-19-21/h4-10,13,22H,11-12H2,1-3H3,(H2,18,20,23). The number of carbonyl (C=O) groups excluding carboxylic acids is 1. The minimum atomic E-state index is -0.385. The Bertz CT molecular complexity index is 619. The van der Waals surface area contributed by atoms with Gasteiger partial charge in [-0.25, -0.2) is 9.48 Å². The molecule has 0 aliphatic rings. The summed E-state index contributed by atoms with van der Waals surface area (Å²) in [5.74, 6) is 0. The summed E-state index contributed by atoms with van der Waals surface area (Å²) in [6.45, 7) is 6.27. The van der Waals surface area contributed by atoms with Crippen molar-refractivity contribution in [2.75, 3.05) is 11.9 Å². The Morgan fingerprint density at radius 1 is 1.35 bits per heavy atom. The molecular formula is C17H24N4O2. The van der Waals surface area contributed by atoms with E-state index in [1.54, 1.807) is 17.8 Å². The van der Waals surface area contributed by atoms with Crippen LogP contribution in [0.4, 0.5) is 10.5 Å². The third-order valence-corrected chi connectivity index (χ3v) is 3.47. The molecule has 2 rings (SSSR count). The molecule has 124 valence electrons. The first kappa shape index (κ1) is 17.0. The number of amides is 2. The highest BCUT2D eigenvalue weighted by Gasteiger charge is 2.21. The van der Waals surface area contributed by atoms with Gasteiger partial charge < -0.3 is 15.7 Å². The molecule has 1 heterocycles. The van der Waals surface area contributed by atoms with E-state index in [9.17, 15) is 9.90 Å². The highest BCUT2D eigenvalue weighted by molar-refractivity contribution is 5.89. The van der Waals surface area contributed by atoms with Gasteiger partial charge in [0.1, 0.15) is 0 Å². The van der Waals surface area contributed by atoms with Gasteiger partial charge in [0.15, 0.2) is 0 Å². The second-order valence-electron chi connectivity index (χ2n) is 6.52. The van der Waals surface area contributed by atoms with Gasteiger partial charge in [-0.3, -0.25) is 0 Å². The van der Waals surface area contributed by atoms with Crippen LogP contribution in [0.15, 0.2) is 42.7 Å². The van der Waals surface area contributed by atoms with Gasteiger partial charge in [0.2, 0.25) is 0 Å². The first-order valence-corrected chi connectivity index (χ1v) is 7.69. The lowest BCUT2D eigenvalue weighted by molar-refractivity contribution is 0.129. The van der Waals surface area contributed by atoms with Crippen LogP contribution in [0.2, 0.25) is 0 Å². The van der Waals surface area contributed by atoms with Crippen LogP contribution in [0.25, 0.3) is 5.69 Å². The van der Waals surface area contributed by atoms with Crippen molar-refractivity contribution in [2.45, 2.75) is 33.3 Å². The number of carbonyl (C=O) groups is 1. The monoisotopic (exact) mass is 316 g/mol. The molecule has 1 aromatic heterocycles. The van der Waals surface area contributed by atoms with E-state index in [2.05, 4.69) is 15.7 Å². The molecule has 0 radical (unpaired) electrons. The highest BCUT2D eigenvalue weighted by Crippen LogP contribution is 2.21. The van der Waals surface area contributed by atoms with Crippen LogP contribution in [-0.4, -0.2) is 33.6 Å². The first-order chi connectivity index (χ1) is 10.9. The van der Waals surface area contributed by atoms with Crippen molar-refractivity contribution >= 4 is 11.7 Å². The summed E-state index contributed by atoms with van der Waals surface area (Å²) in [7, 11) is 0. The SMILES string of the molecule is CC(O)CC(C)(C)CNC(=O)Nc1ccc(-n2cccn2)cc1. The molecule has 0 saturated carbocycles. The van der Waals surface area contributed by atoms with Crippen molar-refractivity contribution < 1.29 is 9.90 Å². The van der Waals surface area contributed by atoms with E-state index in [0.29, 0.717) is 18.7 Å². The minimum Gasteiger partial charge on any atom is -0.393 e. The molecule has 2 aromatic rings. The predicted octanol–water partition coefficient (Wildman–Crippen LogP) is 2.79.